The van der Waals surface area contributed by atoms with Crippen molar-refractivity contribution >= 4 is 23.6 Å². The summed E-state index contributed by atoms with van der Waals surface area (Å²) in [6.07, 6.45) is 3.03. The molecule has 3 N–H and O–H groups in total. The molecule has 25 heavy (non-hydrogen) atoms. The van der Waals surface area contributed by atoms with Crippen LogP contribution in [0.1, 0.15) is 32.1 Å². The topological polar surface area (TPSA) is 98.7 Å². The van der Waals surface area contributed by atoms with Crippen molar-refractivity contribution in [2.24, 2.45) is 5.92 Å². The standard InChI is InChI=1S/C18H23N3O4/c22-16-15(10-11-21(16)14-4-2-1-3-5-14)20-18(25)19-13-8-6-12(7-9-13)17(23)24/h1-5,12-13,15H,6-11H2,(H,23,24)(H2,19,20,25). The summed E-state index contributed by atoms with van der Waals surface area (Å²) in [5.74, 6) is -1.17. The molecule has 3 rings (SSSR count). The van der Waals surface area contributed by atoms with Gasteiger partial charge in [0.15, 0.2) is 0 Å². The Bertz CT molecular complexity index is 641. The van der Waals surface area contributed by atoms with Crippen LogP contribution in [0.3, 0.4) is 0 Å². The third-order valence-corrected chi connectivity index (χ3v) is 4.99. The van der Waals surface area contributed by atoms with Gasteiger partial charge in [-0.05, 0) is 44.2 Å². The highest BCUT2D eigenvalue weighted by Gasteiger charge is 2.34. The van der Waals surface area contributed by atoms with Crippen LogP contribution in [0.2, 0.25) is 0 Å². The van der Waals surface area contributed by atoms with Crippen molar-refractivity contribution < 1.29 is 19.5 Å². The van der Waals surface area contributed by atoms with Gasteiger partial charge >= 0.3 is 12.0 Å². The van der Waals surface area contributed by atoms with Crippen LogP contribution in [0.25, 0.3) is 0 Å². The van der Waals surface area contributed by atoms with Gasteiger partial charge in [0, 0.05) is 18.3 Å². The maximum Gasteiger partial charge on any atom is 0.315 e. The normalized spacial score (nSPS) is 26.3. The lowest BCUT2D eigenvalue weighted by molar-refractivity contribution is -0.142. The number of nitrogens with one attached hydrogen (secondary N) is 2. The molecule has 1 atom stereocenters. The van der Waals surface area contributed by atoms with E-state index in [0.29, 0.717) is 38.6 Å². The molecule has 2 fully saturated rings. The number of hydrogen-bond donors (Lipinski definition) is 3. The fourth-order valence-corrected chi connectivity index (χ4v) is 3.55. The van der Waals surface area contributed by atoms with E-state index < -0.39 is 12.0 Å². The molecule has 1 aromatic rings. The number of aliphatic carboxylic acids is 1. The molecule has 134 valence electrons. The van der Waals surface area contributed by atoms with Gasteiger partial charge in [0.25, 0.3) is 0 Å². The molecular weight excluding hydrogens is 322 g/mol. The number of urea groups is 1. The molecule has 0 radical (unpaired) electrons. The Balaban J connectivity index is 1.47. The zero-order valence-electron chi connectivity index (χ0n) is 14.0. The molecule has 1 aromatic carbocycles. The zero-order chi connectivity index (χ0) is 17.8. The molecule has 0 bridgehead atoms. The van der Waals surface area contributed by atoms with E-state index in [1.54, 1.807) is 4.90 Å². The Morgan fingerprint density at radius 2 is 1.68 bits per heavy atom. The molecule has 1 aliphatic carbocycles. The number of benzene rings is 1. The molecule has 1 saturated carbocycles. The lowest BCUT2D eigenvalue weighted by Crippen LogP contribution is -2.49. The second kappa shape index (κ2) is 7.55. The van der Waals surface area contributed by atoms with Crippen LogP contribution in [0, 0.1) is 5.92 Å². The van der Waals surface area contributed by atoms with Crippen molar-refractivity contribution in [3.05, 3.63) is 30.3 Å². The Kier molecular flexibility index (Phi) is 5.21. The Hall–Kier alpha value is -2.57. The number of para-hydroxylation sites is 1. The Morgan fingerprint density at radius 3 is 2.32 bits per heavy atom. The fourth-order valence-electron chi connectivity index (χ4n) is 3.55. The number of anilines is 1. The van der Waals surface area contributed by atoms with Crippen LogP contribution in [0.15, 0.2) is 30.3 Å². The van der Waals surface area contributed by atoms with Crippen molar-refractivity contribution in [3.8, 4) is 0 Å². The molecule has 1 saturated heterocycles. The number of amides is 3. The molecular formula is C18H23N3O4. The van der Waals surface area contributed by atoms with E-state index in [1.165, 1.54) is 0 Å². The quantitative estimate of drug-likeness (QED) is 0.774. The highest BCUT2D eigenvalue weighted by atomic mass is 16.4. The predicted molar refractivity (Wildman–Crippen MR) is 92.2 cm³/mol. The van der Waals surface area contributed by atoms with E-state index >= 15 is 0 Å². The van der Waals surface area contributed by atoms with Crippen molar-refractivity contribution in [1.82, 2.24) is 10.6 Å². The van der Waals surface area contributed by atoms with Crippen LogP contribution in [0.5, 0.6) is 0 Å². The lowest BCUT2D eigenvalue weighted by Gasteiger charge is -2.27. The summed E-state index contributed by atoms with van der Waals surface area (Å²) in [5.41, 5.74) is 0.837. The number of carboxylic acids is 1. The van der Waals surface area contributed by atoms with Gasteiger partial charge in [0.1, 0.15) is 6.04 Å². The predicted octanol–water partition coefficient (Wildman–Crippen LogP) is 1.73. The summed E-state index contributed by atoms with van der Waals surface area (Å²) >= 11 is 0. The number of carbonyl (C=O) groups excluding carboxylic acids is 2. The van der Waals surface area contributed by atoms with Crippen LogP contribution in [0.4, 0.5) is 10.5 Å². The second-order valence-electron chi connectivity index (χ2n) is 6.67. The number of carbonyl (C=O) groups is 3. The Labute approximate surface area is 146 Å². The Morgan fingerprint density at radius 1 is 1.00 bits per heavy atom. The minimum Gasteiger partial charge on any atom is -0.481 e. The fraction of sp³-hybridized carbons (Fsp3) is 0.500. The van der Waals surface area contributed by atoms with Gasteiger partial charge < -0.3 is 20.6 Å². The van der Waals surface area contributed by atoms with Crippen molar-refractivity contribution in [1.29, 1.82) is 0 Å². The van der Waals surface area contributed by atoms with Gasteiger partial charge in [-0.25, -0.2) is 4.79 Å². The molecule has 0 spiro atoms. The van der Waals surface area contributed by atoms with Gasteiger partial charge in [0.2, 0.25) is 5.91 Å². The van der Waals surface area contributed by atoms with Gasteiger partial charge in [0.05, 0.1) is 5.92 Å². The average Bonchev–Trinajstić information content (AvgIpc) is 2.96. The largest absolute Gasteiger partial charge is 0.481 e. The zero-order valence-corrected chi connectivity index (χ0v) is 14.0. The minimum absolute atomic E-state index is 0.0302. The highest BCUT2D eigenvalue weighted by molar-refractivity contribution is 6.01. The number of hydrogen-bond acceptors (Lipinski definition) is 3. The van der Waals surface area contributed by atoms with Crippen molar-refractivity contribution in [2.75, 3.05) is 11.4 Å². The smallest absolute Gasteiger partial charge is 0.315 e. The third kappa shape index (κ3) is 4.10. The first-order valence-electron chi connectivity index (χ1n) is 8.71. The van der Waals surface area contributed by atoms with Crippen LogP contribution in [-0.4, -0.2) is 41.6 Å². The summed E-state index contributed by atoms with van der Waals surface area (Å²) in [6.45, 7) is 0.581. The summed E-state index contributed by atoms with van der Waals surface area (Å²) in [5, 5.41) is 14.6. The van der Waals surface area contributed by atoms with Crippen molar-refractivity contribution in [2.45, 2.75) is 44.2 Å². The van der Waals surface area contributed by atoms with Crippen LogP contribution < -0.4 is 15.5 Å². The van der Waals surface area contributed by atoms with Gasteiger partial charge in [-0.15, -0.1) is 0 Å². The van der Waals surface area contributed by atoms with Gasteiger partial charge in [-0.2, -0.15) is 0 Å². The van der Waals surface area contributed by atoms with E-state index in [4.69, 9.17) is 5.11 Å². The first-order chi connectivity index (χ1) is 12.0. The van der Waals surface area contributed by atoms with E-state index in [1.807, 2.05) is 30.3 Å². The molecule has 1 aliphatic heterocycles. The first-order valence-corrected chi connectivity index (χ1v) is 8.71. The molecule has 0 aromatic heterocycles. The number of carboxylic acid groups (broad SMARTS) is 1. The molecule has 1 unspecified atom stereocenters. The molecule has 2 aliphatic rings. The van der Waals surface area contributed by atoms with Gasteiger partial charge in [-0.1, -0.05) is 18.2 Å². The molecule has 1 heterocycles. The average molecular weight is 345 g/mol. The van der Waals surface area contributed by atoms with E-state index in [9.17, 15) is 14.4 Å². The lowest BCUT2D eigenvalue weighted by atomic mass is 9.86. The third-order valence-electron chi connectivity index (χ3n) is 4.99. The molecule has 7 nitrogen and oxygen atoms in total. The maximum absolute atomic E-state index is 12.5. The molecule has 7 heteroatoms. The highest BCUT2D eigenvalue weighted by Crippen LogP contribution is 2.24. The van der Waals surface area contributed by atoms with Crippen LogP contribution >= 0.6 is 0 Å². The van der Waals surface area contributed by atoms with E-state index in [2.05, 4.69) is 10.6 Å². The summed E-state index contributed by atoms with van der Waals surface area (Å²) in [6, 6.07) is 8.50. The summed E-state index contributed by atoms with van der Waals surface area (Å²) in [7, 11) is 0. The monoisotopic (exact) mass is 345 g/mol. The maximum atomic E-state index is 12.5. The first kappa shape index (κ1) is 17.3. The summed E-state index contributed by atoms with van der Waals surface area (Å²) in [4.78, 5) is 37.3. The van der Waals surface area contributed by atoms with E-state index in [-0.39, 0.29) is 23.9 Å². The van der Waals surface area contributed by atoms with Crippen LogP contribution in [-0.2, 0) is 9.59 Å². The number of nitrogens with zero attached hydrogens (tertiary/aromatic N) is 1. The number of rotatable bonds is 4. The minimum atomic E-state index is -0.763. The second-order valence-corrected chi connectivity index (χ2v) is 6.67. The van der Waals surface area contributed by atoms with Gasteiger partial charge in [-0.3, -0.25) is 9.59 Å². The summed E-state index contributed by atoms with van der Waals surface area (Å²) < 4.78 is 0. The van der Waals surface area contributed by atoms with Crippen molar-refractivity contribution in [3.63, 3.8) is 0 Å². The molecule has 3 amide bonds. The SMILES string of the molecule is O=C(NC1CCC(C(=O)O)CC1)NC1CCN(c2ccccc2)C1=O. The van der Waals surface area contributed by atoms with E-state index in [0.717, 1.165) is 5.69 Å².